The zero-order chi connectivity index (χ0) is 11.1. The van der Waals surface area contributed by atoms with Gasteiger partial charge in [-0.05, 0) is 25.0 Å². The molecule has 3 heteroatoms. The van der Waals surface area contributed by atoms with Gasteiger partial charge in [-0.2, -0.15) is 0 Å². The Bertz CT molecular complexity index is 244. The predicted octanol–water partition coefficient (Wildman–Crippen LogP) is 2.43. The molecule has 0 aliphatic carbocycles. The molecule has 0 bridgehead atoms. The minimum absolute atomic E-state index is 0.329. The van der Waals surface area contributed by atoms with Crippen LogP contribution in [-0.2, 0) is 11.3 Å². The van der Waals surface area contributed by atoms with Gasteiger partial charge >= 0.3 is 0 Å². The molecule has 1 unspecified atom stereocenters. The first-order valence-electron chi connectivity index (χ1n) is 5.55. The van der Waals surface area contributed by atoms with Crippen molar-refractivity contribution in [2.24, 2.45) is 5.92 Å². The van der Waals surface area contributed by atoms with Gasteiger partial charge in [-0.3, -0.25) is 0 Å². The standard InChI is InChI=1S/C12H21NO2/c1-10(2)11(3)14-8-6-13-9-12-5-4-7-15-12/h4-5,7,10-11,13H,6,8-9H2,1-3H3. The van der Waals surface area contributed by atoms with Crippen LogP contribution < -0.4 is 5.32 Å². The molecular weight excluding hydrogens is 190 g/mol. The summed E-state index contributed by atoms with van der Waals surface area (Å²) in [5, 5.41) is 3.26. The van der Waals surface area contributed by atoms with Crippen LogP contribution in [0.4, 0.5) is 0 Å². The van der Waals surface area contributed by atoms with Gasteiger partial charge in [0.1, 0.15) is 5.76 Å². The van der Waals surface area contributed by atoms with Crippen molar-refractivity contribution in [2.75, 3.05) is 13.2 Å². The maximum Gasteiger partial charge on any atom is 0.117 e. The molecule has 0 aliphatic heterocycles. The van der Waals surface area contributed by atoms with E-state index in [-0.39, 0.29) is 0 Å². The second-order valence-electron chi connectivity index (χ2n) is 4.08. The van der Waals surface area contributed by atoms with Crippen LogP contribution >= 0.6 is 0 Å². The summed E-state index contributed by atoms with van der Waals surface area (Å²) in [4.78, 5) is 0. The summed E-state index contributed by atoms with van der Waals surface area (Å²) in [6.45, 7) is 8.82. The van der Waals surface area contributed by atoms with E-state index in [2.05, 4.69) is 26.1 Å². The van der Waals surface area contributed by atoms with E-state index < -0.39 is 0 Å². The average molecular weight is 211 g/mol. The van der Waals surface area contributed by atoms with Crippen LogP contribution in [0.5, 0.6) is 0 Å². The summed E-state index contributed by atoms with van der Waals surface area (Å²) < 4.78 is 10.8. The van der Waals surface area contributed by atoms with Gasteiger partial charge in [0.05, 0.1) is 25.5 Å². The molecule has 1 aromatic rings. The molecule has 15 heavy (non-hydrogen) atoms. The van der Waals surface area contributed by atoms with Crippen molar-refractivity contribution in [3.8, 4) is 0 Å². The largest absolute Gasteiger partial charge is 0.468 e. The maximum atomic E-state index is 5.63. The zero-order valence-electron chi connectivity index (χ0n) is 9.82. The van der Waals surface area contributed by atoms with E-state index in [0.717, 1.165) is 25.5 Å². The molecule has 0 aromatic carbocycles. The first kappa shape index (κ1) is 12.3. The highest BCUT2D eigenvalue weighted by Gasteiger charge is 2.05. The summed E-state index contributed by atoms with van der Waals surface area (Å²) in [5.41, 5.74) is 0. The second-order valence-corrected chi connectivity index (χ2v) is 4.08. The molecule has 0 amide bonds. The molecule has 0 radical (unpaired) electrons. The number of nitrogens with one attached hydrogen (secondary N) is 1. The fourth-order valence-corrected chi connectivity index (χ4v) is 1.13. The number of ether oxygens (including phenoxy) is 1. The lowest BCUT2D eigenvalue weighted by atomic mass is 10.1. The van der Waals surface area contributed by atoms with Gasteiger partial charge in [0.2, 0.25) is 0 Å². The molecule has 0 spiro atoms. The fraction of sp³-hybridized carbons (Fsp3) is 0.667. The molecule has 1 heterocycles. The third-order valence-corrected chi connectivity index (χ3v) is 2.48. The molecule has 86 valence electrons. The Morgan fingerprint density at radius 1 is 1.40 bits per heavy atom. The van der Waals surface area contributed by atoms with Gasteiger partial charge in [0, 0.05) is 6.54 Å². The average Bonchev–Trinajstić information content (AvgIpc) is 2.69. The fourth-order valence-electron chi connectivity index (χ4n) is 1.13. The maximum absolute atomic E-state index is 5.63. The van der Waals surface area contributed by atoms with Crippen molar-refractivity contribution in [3.63, 3.8) is 0 Å². The third kappa shape index (κ3) is 5.00. The van der Waals surface area contributed by atoms with Crippen molar-refractivity contribution in [1.29, 1.82) is 0 Å². The van der Waals surface area contributed by atoms with Crippen molar-refractivity contribution >= 4 is 0 Å². The van der Waals surface area contributed by atoms with Crippen molar-refractivity contribution in [1.82, 2.24) is 5.32 Å². The highest BCUT2D eigenvalue weighted by Crippen LogP contribution is 2.04. The summed E-state index contributed by atoms with van der Waals surface area (Å²) in [6.07, 6.45) is 2.02. The van der Waals surface area contributed by atoms with E-state index in [9.17, 15) is 0 Å². The molecule has 1 aromatic heterocycles. The van der Waals surface area contributed by atoms with Gasteiger partial charge in [-0.1, -0.05) is 13.8 Å². The van der Waals surface area contributed by atoms with Gasteiger partial charge in [-0.25, -0.2) is 0 Å². The SMILES string of the molecule is CC(C)C(C)OCCNCc1ccco1. The normalized spacial score (nSPS) is 13.3. The zero-order valence-corrected chi connectivity index (χ0v) is 9.82. The monoisotopic (exact) mass is 211 g/mol. The van der Waals surface area contributed by atoms with Crippen molar-refractivity contribution in [3.05, 3.63) is 24.2 Å². The summed E-state index contributed by atoms with van der Waals surface area (Å²) in [6, 6.07) is 3.86. The summed E-state index contributed by atoms with van der Waals surface area (Å²) >= 11 is 0. The second kappa shape index (κ2) is 6.64. The number of rotatable bonds is 7. The third-order valence-electron chi connectivity index (χ3n) is 2.48. The summed E-state index contributed by atoms with van der Waals surface area (Å²) in [5.74, 6) is 1.54. The first-order valence-corrected chi connectivity index (χ1v) is 5.55. The van der Waals surface area contributed by atoms with Crippen LogP contribution in [0.1, 0.15) is 26.5 Å². The van der Waals surface area contributed by atoms with Gasteiger partial charge in [0.25, 0.3) is 0 Å². The molecule has 0 aliphatic rings. The van der Waals surface area contributed by atoms with Crippen molar-refractivity contribution < 1.29 is 9.15 Å². The molecule has 0 fully saturated rings. The van der Waals surface area contributed by atoms with Crippen molar-refractivity contribution in [2.45, 2.75) is 33.4 Å². The van der Waals surface area contributed by atoms with E-state index in [1.807, 2.05) is 12.1 Å². The Hall–Kier alpha value is -0.800. The first-order chi connectivity index (χ1) is 7.20. The minimum Gasteiger partial charge on any atom is -0.468 e. The molecule has 0 saturated carbocycles. The van der Waals surface area contributed by atoms with Crippen LogP contribution in [0.3, 0.4) is 0 Å². The Kier molecular flexibility index (Phi) is 5.43. The van der Waals surface area contributed by atoms with Gasteiger partial charge in [0.15, 0.2) is 0 Å². The molecule has 0 saturated heterocycles. The van der Waals surface area contributed by atoms with E-state index in [0.29, 0.717) is 12.0 Å². The summed E-state index contributed by atoms with van der Waals surface area (Å²) in [7, 11) is 0. The van der Waals surface area contributed by atoms with Crippen LogP contribution in [0, 0.1) is 5.92 Å². The van der Waals surface area contributed by atoms with Crippen LogP contribution in [0.25, 0.3) is 0 Å². The lowest BCUT2D eigenvalue weighted by Gasteiger charge is -2.16. The molecule has 1 N–H and O–H groups in total. The molecule has 3 nitrogen and oxygen atoms in total. The van der Waals surface area contributed by atoms with E-state index in [1.54, 1.807) is 6.26 Å². The quantitative estimate of drug-likeness (QED) is 0.703. The van der Waals surface area contributed by atoms with Crippen LogP contribution in [-0.4, -0.2) is 19.3 Å². The molecule has 1 rings (SSSR count). The highest BCUT2D eigenvalue weighted by atomic mass is 16.5. The molecular formula is C12H21NO2. The minimum atomic E-state index is 0.329. The molecule has 1 atom stereocenters. The van der Waals surface area contributed by atoms with E-state index in [1.165, 1.54) is 0 Å². The Morgan fingerprint density at radius 2 is 2.20 bits per heavy atom. The van der Waals surface area contributed by atoms with Crippen LogP contribution in [0.2, 0.25) is 0 Å². The Morgan fingerprint density at radius 3 is 2.80 bits per heavy atom. The topological polar surface area (TPSA) is 34.4 Å². The lowest BCUT2D eigenvalue weighted by Crippen LogP contribution is -2.23. The van der Waals surface area contributed by atoms with Gasteiger partial charge in [-0.15, -0.1) is 0 Å². The Labute approximate surface area is 91.8 Å². The van der Waals surface area contributed by atoms with E-state index >= 15 is 0 Å². The lowest BCUT2D eigenvalue weighted by molar-refractivity contribution is 0.0371. The number of hydrogen-bond donors (Lipinski definition) is 1. The number of hydrogen-bond acceptors (Lipinski definition) is 3. The Balaban J connectivity index is 1.98. The van der Waals surface area contributed by atoms with Crippen LogP contribution in [0.15, 0.2) is 22.8 Å². The highest BCUT2D eigenvalue weighted by molar-refractivity contribution is 4.97. The smallest absolute Gasteiger partial charge is 0.117 e. The number of furan rings is 1. The van der Waals surface area contributed by atoms with E-state index in [4.69, 9.17) is 9.15 Å². The van der Waals surface area contributed by atoms with Gasteiger partial charge < -0.3 is 14.5 Å². The predicted molar refractivity (Wildman–Crippen MR) is 60.7 cm³/mol.